The lowest BCUT2D eigenvalue weighted by atomic mass is 10.0. The zero-order valence-electron chi connectivity index (χ0n) is 33.5. The minimum Gasteiger partial charge on any atom is -0.350 e. The van der Waals surface area contributed by atoms with E-state index in [1.807, 2.05) is 36.4 Å². The van der Waals surface area contributed by atoms with Crippen molar-refractivity contribution >= 4 is 35.4 Å². The average Bonchev–Trinajstić information content (AvgIpc) is 3.91. The molecule has 6 N–H and O–H groups in total. The first-order valence-electron chi connectivity index (χ1n) is 20.3. The SMILES string of the molecule is CN[C@@H](C)C(=O)NC(CCCCCCC(NC(=O)[C@H](C)NC)C(=O)N1CCCC1CNC(=O)c1ccccc1)C(=O)N1CCCC1CNC(=O)c1ccccc1. The van der Waals surface area contributed by atoms with Gasteiger partial charge < -0.3 is 41.7 Å². The van der Waals surface area contributed by atoms with Crippen LogP contribution in [0.4, 0.5) is 0 Å². The molecule has 0 spiro atoms. The van der Waals surface area contributed by atoms with Crippen LogP contribution >= 0.6 is 0 Å². The predicted octanol–water partition coefficient (Wildman–Crippen LogP) is 2.35. The Morgan fingerprint density at radius 3 is 1.32 bits per heavy atom. The lowest BCUT2D eigenvalue weighted by Gasteiger charge is -2.30. The van der Waals surface area contributed by atoms with Crippen molar-refractivity contribution in [3.63, 3.8) is 0 Å². The zero-order valence-corrected chi connectivity index (χ0v) is 33.5. The molecular weight excluding hydrogens is 713 g/mol. The second-order valence-electron chi connectivity index (χ2n) is 14.9. The fourth-order valence-electron chi connectivity index (χ4n) is 7.30. The number of benzene rings is 2. The van der Waals surface area contributed by atoms with Crippen LogP contribution < -0.4 is 31.9 Å². The molecule has 0 bridgehead atoms. The number of amides is 6. The highest BCUT2D eigenvalue weighted by Crippen LogP contribution is 2.22. The predicted molar refractivity (Wildman–Crippen MR) is 216 cm³/mol. The zero-order chi connectivity index (χ0) is 40.5. The van der Waals surface area contributed by atoms with Crippen LogP contribution in [0.25, 0.3) is 0 Å². The van der Waals surface area contributed by atoms with Crippen LogP contribution in [-0.4, -0.2) is 122 Å². The Balaban J connectivity index is 1.31. The van der Waals surface area contributed by atoms with Crippen LogP contribution in [0.15, 0.2) is 60.7 Å². The second kappa shape index (κ2) is 22.7. The summed E-state index contributed by atoms with van der Waals surface area (Å²) in [6.07, 6.45) is 6.92. The van der Waals surface area contributed by atoms with E-state index in [-0.39, 0.29) is 47.5 Å². The lowest BCUT2D eigenvalue weighted by Crippen LogP contribution is -2.54. The average molecular weight is 775 g/mol. The van der Waals surface area contributed by atoms with Gasteiger partial charge in [0.05, 0.1) is 12.1 Å². The summed E-state index contributed by atoms with van der Waals surface area (Å²) >= 11 is 0. The minimum absolute atomic E-state index is 0.148. The van der Waals surface area contributed by atoms with Gasteiger partial charge in [0.25, 0.3) is 11.8 Å². The van der Waals surface area contributed by atoms with E-state index in [9.17, 15) is 28.8 Å². The number of rotatable bonds is 21. The topological polar surface area (TPSA) is 181 Å². The van der Waals surface area contributed by atoms with Crippen LogP contribution in [-0.2, 0) is 19.2 Å². The summed E-state index contributed by atoms with van der Waals surface area (Å²) in [7, 11) is 3.39. The van der Waals surface area contributed by atoms with Crippen molar-refractivity contribution in [3.8, 4) is 0 Å². The second-order valence-corrected chi connectivity index (χ2v) is 14.9. The van der Waals surface area contributed by atoms with Crippen molar-refractivity contribution in [2.24, 2.45) is 0 Å². The number of hydrogen-bond acceptors (Lipinski definition) is 8. The van der Waals surface area contributed by atoms with Gasteiger partial charge in [-0.05, 0) is 90.7 Å². The molecule has 6 amide bonds. The highest BCUT2D eigenvalue weighted by atomic mass is 16.2. The first kappa shape index (κ1) is 43.9. The summed E-state index contributed by atoms with van der Waals surface area (Å²) in [5.74, 6) is -1.19. The molecule has 2 aliphatic rings. The van der Waals surface area contributed by atoms with Gasteiger partial charge in [0.15, 0.2) is 0 Å². The molecule has 0 radical (unpaired) electrons. The molecule has 0 aromatic heterocycles. The molecule has 6 atom stereocenters. The Kier molecular flexibility index (Phi) is 17.8. The smallest absolute Gasteiger partial charge is 0.251 e. The summed E-state index contributed by atoms with van der Waals surface area (Å²) in [4.78, 5) is 82.9. The molecule has 14 nitrogen and oxygen atoms in total. The molecule has 56 heavy (non-hydrogen) atoms. The molecule has 2 aromatic carbocycles. The standard InChI is InChI=1S/C42H62N8O6/c1-29(43-3)37(51)47-35(41(55)49-25-15-21-33(49)27-45-39(53)31-17-9-7-10-18-31)23-13-5-6-14-24-36(48-38(52)30(2)44-4)42(56)50-26-16-22-34(50)28-46-40(54)32-19-11-8-12-20-32/h7-12,17-20,29-30,33-36,43-44H,5-6,13-16,21-28H2,1-4H3,(H,45,53)(H,46,54)(H,47,51)(H,48,52)/t29-,30-,33?,34?,35?,36?/m0/s1. The molecule has 14 heteroatoms. The molecule has 4 rings (SSSR count). The Hall–Kier alpha value is -4.82. The maximum atomic E-state index is 14.0. The fourth-order valence-corrected chi connectivity index (χ4v) is 7.30. The summed E-state index contributed by atoms with van der Waals surface area (Å²) in [6, 6.07) is 15.2. The van der Waals surface area contributed by atoms with Gasteiger partial charge in [-0.3, -0.25) is 28.8 Å². The first-order valence-corrected chi connectivity index (χ1v) is 20.3. The molecule has 2 aromatic rings. The van der Waals surface area contributed by atoms with Crippen LogP contribution in [0, 0.1) is 0 Å². The van der Waals surface area contributed by atoms with Gasteiger partial charge in [0.2, 0.25) is 23.6 Å². The Bertz CT molecular complexity index is 1480. The van der Waals surface area contributed by atoms with Gasteiger partial charge in [-0.1, -0.05) is 62.1 Å². The third-order valence-corrected chi connectivity index (χ3v) is 11.0. The largest absolute Gasteiger partial charge is 0.350 e. The summed E-state index contributed by atoms with van der Waals surface area (Å²) < 4.78 is 0. The highest BCUT2D eigenvalue weighted by molar-refractivity contribution is 5.95. The summed E-state index contributed by atoms with van der Waals surface area (Å²) in [5, 5.41) is 17.8. The number of unbranched alkanes of at least 4 members (excludes halogenated alkanes) is 3. The van der Waals surface area contributed by atoms with Crippen molar-refractivity contribution in [1.29, 1.82) is 0 Å². The van der Waals surface area contributed by atoms with Crippen LogP contribution in [0.1, 0.15) is 98.8 Å². The molecule has 2 fully saturated rings. The normalized spacial score (nSPS) is 18.7. The number of hydrogen-bond donors (Lipinski definition) is 6. The molecule has 2 saturated heterocycles. The third-order valence-electron chi connectivity index (χ3n) is 11.0. The Morgan fingerprint density at radius 2 is 0.964 bits per heavy atom. The molecular formula is C42H62N8O6. The van der Waals surface area contributed by atoms with E-state index in [1.165, 1.54) is 0 Å². The number of nitrogens with one attached hydrogen (secondary N) is 6. The molecule has 306 valence electrons. The van der Waals surface area contributed by atoms with E-state index in [0.717, 1.165) is 38.5 Å². The molecule has 2 aliphatic heterocycles. The summed E-state index contributed by atoms with van der Waals surface area (Å²) in [6.45, 7) is 5.27. The van der Waals surface area contributed by atoms with E-state index in [1.54, 1.807) is 62.0 Å². The van der Waals surface area contributed by atoms with Crippen molar-refractivity contribution in [1.82, 2.24) is 41.7 Å². The van der Waals surface area contributed by atoms with Gasteiger partial charge in [0.1, 0.15) is 12.1 Å². The number of nitrogens with zero attached hydrogens (tertiary/aromatic N) is 2. The van der Waals surface area contributed by atoms with Crippen molar-refractivity contribution in [2.45, 2.75) is 114 Å². The molecule has 0 aliphatic carbocycles. The monoisotopic (exact) mass is 774 g/mol. The molecule has 0 saturated carbocycles. The lowest BCUT2D eigenvalue weighted by molar-refractivity contribution is -0.137. The molecule has 4 unspecified atom stereocenters. The van der Waals surface area contributed by atoms with E-state index in [0.29, 0.717) is 63.0 Å². The van der Waals surface area contributed by atoms with Crippen molar-refractivity contribution in [2.75, 3.05) is 40.3 Å². The Morgan fingerprint density at radius 1 is 0.589 bits per heavy atom. The fraction of sp³-hybridized carbons (Fsp3) is 0.571. The van der Waals surface area contributed by atoms with Crippen LogP contribution in [0.5, 0.6) is 0 Å². The van der Waals surface area contributed by atoms with Crippen LogP contribution in [0.3, 0.4) is 0 Å². The third kappa shape index (κ3) is 12.9. The van der Waals surface area contributed by atoms with Gasteiger partial charge in [-0.25, -0.2) is 0 Å². The van der Waals surface area contributed by atoms with E-state index in [2.05, 4.69) is 31.9 Å². The number of likely N-dealkylation sites (N-methyl/N-ethyl adjacent to an activating group) is 2. The maximum Gasteiger partial charge on any atom is 0.251 e. The van der Waals surface area contributed by atoms with Gasteiger partial charge in [0, 0.05) is 49.4 Å². The first-order chi connectivity index (χ1) is 27.0. The number of carbonyl (C=O) groups excluding carboxylic acids is 6. The van der Waals surface area contributed by atoms with Gasteiger partial charge >= 0.3 is 0 Å². The highest BCUT2D eigenvalue weighted by Gasteiger charge is 2.36. The van der Waals surface area contributed by atoms with Crippen molar-refractivity contribution in [3.05, 3.63) is 71.8 Å². The Labute approximate surface area is 331 Å². The van der Waals surface area contributed by atoms with E-state index < -0.39 is 24.2 Å². The van der Waals surface area contributed by atoms with Crippen LogP contribution in [0.2, 0.25) is 0 Å². The van der Waals surface area contributed by atoms with E-state index >= 15 is 0 Å². The van der Waals surface area contributed by atoms with E-state index in [4.69, 9.17) is 0 Å². The molecule has 2 heterocycles. The number of carbonyl (C=O) groups is 6. The van der Waals surface area contributed by atoms with Gasteiger partial charge in [-0.15, -0.1) is 0 Å². The number of likely N-dealkylation sites (tertiary alicyclic amines) is 2. The quantitative estimate of drug-likeness (QED) is 0.105. The van der Waals surface area contributed by atoms with Gasteiger partial charge in [-0.2, -0.15) is 0 Å². The van der Waals surface area contributed by atoms with Crippen molar-refractivity contribution < 1.29 is 28.8 Å². The maximum absolute atomic E-state index is 14.0. The summed E-state index contributed by atoms with van der Waals surface area (Å²) in [5.41, 5.74) is 1.12. The minimum atomic E-state index is -0.713.